The van der Waals surface area contributed by atoms with Crippen LogP contribution in [0, 0.1) is 12.7 Å². The van der Waals surface area contributed by atoms with Crippen molar-refractivity contribution in [1.82, 2.24) is 4.98 Å². The van der Waals surface area contributed by atoms with Crippen LogP contribution in [-0.2, 0) is 6.37 Å². The molecule has 0 saturated carbocycles. The van der Waals surface area contributed by atoms with E-state index in [4.69, 9.17) is 6.85 Å². The maximum atomic E-state index is 13.5. The molecule has 0 spiro atoms. The number of aromatic nitrogens is 1. The molecule has 104 valence electrons. The monoisotopic (exact) mass is 282 g/mol. The lowest BCUT2D eigenvalue weighted by molar-refractivity contribution is 0.626. The van der Waals surface area contributed by atoms with Gasteiger partial charge in [-0.3, -0.25) is 4.98 Å². The van der Waals surface area contributed by atoms with E-state index in [1.54, 1.807) is 30.3 Å². The summed E-state index contributed by atoms with van der Waals surface area (Å²) in [7, 11) is 0. The number of halogens is 1. The van der Waals surface area contributed by atoms with E-state index >= 15 is 0 Å². The maximum absolute atomic E-state index is 13.5. The molecule has 0 radical (unpaired) electrons. The van der Waals surface area contributed by atoms with Crippen LogP contribution < -0.4 is 0 Å². The van der Waals surface area contributed by atoms with Crippen molar-refractivity contribution in [3.63, 3.8) is 0 Å². The predicted molar refractivity (Wildman–Crippen MR) is 83.6 cm³/mol. The molecular formula is C19H16FN. The van der Waals surface area contributed by atoms with E-state index in [2.05, 4.69) is 4.98 Å². The standard InChI is InChI=1S/C19H16FN/c1-14-7-8-16(19-13-18(20)9-10-21-19)12-17(14)11-15-5-3-2-4-6-15/h2-10,12-13H,11H2,1H3/i1D3,11D2. The van der Waals surface area contributed by atoms with Gasteiger partial charge in [0.25, 0.3) is 0 Å². The fraction of sp³-hybridized carbons (Fsp3) is 0.105. The maximum Gasteiger partial charge on any atom is 0.126 e. The number of hydrogen-bond donors (Lipinski definition) is 0. The van der Waals surface area contributed by atoms with Gasteiger partial charge in [0.05, 0.1) is 5.69 Å². The van der Waals surface area contributed by atoms with Crippen LogP contribution in [0.1, 0.15) is 23.5 Å². The van der Waals surface area contributed by atoms with E-state index in [0.29, 0.717) is 16.8 Å². The summed E-state index contributed by atoms with van der Waals surface area (Å²) in [4.78, 5) is 4.09. The molecule has 0 bridgehead atoms. The minimum atomic E-state index is -2.48. The molecule has 1 nitrogen and oxygen atoms in total. The number of rotatable bonds is 3. The Kier molecular flexibility index (Phi) is 2.44. The average Bonchev–Trinajstić information content (AvgIpc) is 2.61. The van der Waals surface area contributed by atoms with Crippen molar-refractivity contribution in [1.29, 1.82) is 0 Å². The van der Waals surface area contributed by atoms with Crippen LogP contribution in [0.4, 0.5) is 4.39 Å². The molecular weight excluding hydrogens is 261 g/mol. The molecule has 2 aromatic carbocycles. The fourth-order valence-corrected chi connectivity index (χ4v) is 2.05. The summed E-state index contributed by atoms with van der Waals surface area (Å²) in [5.74, 6) is -0.470. The summed E-state index contributed by atoms with van der Waals surface area (Å²) >= 11 is 0. The molecule has 21 heavy (non-hydrogen) atoms. The third-order valence-electron chi connectivity index (χ3n) is 3.09. The van der Waals surface area contributed by atoms with Crippen LogP contribution in [0.2, 0.25) is 0 Å². The number of aryl methyl sites for hydroxylation is 1. The van der Waals surface area contributed by atoms with Crippen molar-refractivity contribution >= 4 is 0 Å². The molecule has 1 heterocycles. The SMILES string of the molecule is [2H]C([2H])([2H])c1ccc(-c2cc(F)ccn2)cc1C([2H])([2H])c1ccccc1. The summed E-state index contributed by atoms with van der Waals surface area (Å²) in [6.07, 6.45) is -0.720. The summed E-state index contributed by atoms with van der Waals surface area (Å²) in [5, 5.41) is 0. The second kappa shape index (κ2) is 5.88. The fourth-order valence-electron chi connectivity index (χ4n) is 2.05. The summed E-state index contributed by atoms with van der Waals surface area (Å²) in [6.45, 7) is -2.48. The normalized spacial score (nSPS) is 15.4. The summed E-state index contributed by atoms with van der Waals surface area (Å²) in [6, 6.07) is 15.1. The Morgan fingerprint density at radius 3 is 2.71 bits per heavy atom. The molecule has 3 aromatic rings. The Hall–Kier alpha value is -2.48. The summed E-state index contributed by atoms with van der Waals surface area (Å²) < 4.78 is 53.9. The van der Waals surface area contributed by atoms with E-state index in [1.807, 2.05) is 0 Å². The second-order valence-electron chi connectivity index (χ2n) is 4.61. The Morgan fingerprint density at radius 2 is 1.95 bits per heavy atom. The first kappa shape index (κ1) is 8.73. The quantitative estimate of drug-likeness (QED) is 0.673. The molecule has 0 amide bonds. The van der Waals surface area contributed by atoms with E-state index in [1.165, 1.54) is 36.5 Å². The van der Waals surface area contributed by atoms with E-state index in [-0.39, 0.29) is 11.1 Å². The van der Waals surface area contributed by atoms with Crippen molar-refractivity contribution < 1.29 is 11.2 Å². The molecule has 0 aliphatic rings. The van der Waals surface area contributed by atoms with Gasteiger partial charge >= 0.3 is 0 Å². The molecule has 0 aliphatic heterocycles. The van der Waals surface area contributed by atoms with E-state index in [0.717, 1.165) is 0 Å². The highest BCUT2D eigenvalue weighted by Gasteiger charge is 2.05. The van der Waals surface area contributed by atoms with Crippen LogP contribution in [0.3, 0.4) is 0 Å². The molecule has 1 aromatic heterocycles. The van der Waals surface area contributed by atoms with Gasteiger partial charge in [0, 0.05) is 24.7 Å². The van der Waals surface area contributed by atoms with Gasteiger partial charge in [-0.2, -0.15) is 0 Å². The molecule has 0 fully saturated rings. The van der Waals surface area contributed by atoms with Crippen LogP contribution >= 0.6 is 0 Å². The lowest BCUT2D eigenvalue weighted by Gasteiger charge is -2.09. The van der Waals surface area contributed by atoms with Crippen molar-refractivity contribution in [2.24, 2.45) is 0 Å². The lowest BCUT2D eigenvalue weighted by Crippen LogP contribution is -1.94. The van der Waals surface area contributed by atoms with Crippen molar-refractivity contribution in [2.45, 2.75) is 13.2 Å². The Balaban J connectivity index is 2.22. The highest BCUT2D eigenvalue weighted by molar-refractivity contribution is 5.61. The Morgan fingerprint density at radius 1 is 1.10 bits per heavy atom. The largest absolute Gasteiger partial charge is 0.256 e. The van der Waals surface area contributed by atoms with Gasteiger partial charge in [-0.1, -0.05) is 42.5 Å². The average molecular weight is 282 g/mol. The van der Waals surface area contributed by atoms with Crippen molar-refractivity contribution in [2.75, 3.05) is 0 Å². The van der Waals surface area contributed by atoms with Gasteiger partial charge < -0.3 is 0 Å². The molecule has 0 saturated heterocycles. The smallest absolute Gasteiger partial charge is 0.126 e. The lowest BCUT2D eigenvalue weighted by atomic mass is 9.97. The van der Waals surface area contributed by atoms with Crippen molar-refractivity contribution in [3.8, 4) is 11.3 Å². The van der Waals surface area contributed by atoms with Gasteiger partial charge in [-0.25, -0.2) is 4.39 Å². The zero-order chi connectivity index (χ0) is 18.9. The molecule has 0 unspecified atom stereocenters. The third kappa shape index (κ3) is 3.16. The predicted octanol–water partition coefficient (Wildman–Crippen LogP) is 4.79. The second-order valence-corrected chi connectivity index (χ2v) is 4.61. The molecule has 3 rings (SSSR count). The third-order valence-corrected chi connectivity index (χ3v) is 3.09. The Bertz CT molecular complexity index is 923. The zero-order valence-corrected chi connectivity index (χ0v) is 11.2. The number of hydrogen-bond acceptors (Lipinski definition) is 1. The van der Waals surface area contributed by atoms with E-state index in [9.17, 15) is 4.39 Å². The van der Waals surface area contributed by atoms with Crippen LogP contribution in [0.5, 0.6) is 0 Å². The summed E-state index contributed by atoms with van der Waals surface area (Å²) in [5.41, 5.74) is 1.05. The minimum absolute atomic E-state index is 0.0206. The Labute approximate surface area is 131 Å². The number of pyridine rings is 1. The molecule has 0 aliphatic carbocycles. The topological polar surface area (TPSA) is 12.9 Å². The van der Waals surface area contributed by atoms with Crippen LogP contribution in [-0.4, -0.2) is 4.98 Å². The molecule has 0 atom stereocenters. The number of benzene rings is 2. The van der Waals surface area contributed by atoms with Gasteiger partial charge in [-0.15, -0.1) is 0 Å². The minimum Gasteiger partial charge on any atom is -0.256 e. The van der Waals surface area contributed by atoms with Crippen molar-refractivity contribution in [3.05, 3.63) is 89.4 Å². The number of nitrogens with zero attached hydrogens (tertiary/aromatic N) is 1. The van der Waals surface area contributed by atoms with Gasteiger partial charge in [-0.05, 0) is 42.0 Å². The highest BCUT2D eigenvalue weighted by Crippen LogP contribution is 2.23. The van der Waals surface area contributed by atoms with Gasteiger partial charge in [0.15, 0.2) is 0 Å². The van der Waals surface area contributed by atoms with E-state index < -0.39 is 19.0 Å². The highest BCUT2D eigenvalue weighted by atomic mass is 19.1. The first-order chi connectivity index (χ1) is 12.2. The van der Waals surface area contributed by atoms with Crippen LogP contribution in [0.15, 0.2) is 66.9 Å². The first-order valence-corrected chi connectivity index (χ1v) is 6.52. The van der Waals surface area contributed by atoms with Gasteiger partial charge in [0.1, 0.15) is 5.82 Å². The zero-order valence-electron chi connectivity index (χ0n) is 16.2. The van der Waals surface area contributed by atoms with Crippen LogP contribution in [0.25, 0.3) is 11.3 Å². The first-order valence-electron chi connectivity index (χ1n) is 9.02. The van der Waals surface area contributed by atoms with Gasteiger partial charge in [0.2, 0.25) is 0 Å². The molecule has 2 heteroatoms. The molecule has 0 N–H and O–H groups in total.